The van der Waals surface area contributed by atoms with E-state index in [0.717, 1.165) is 49.3 Å². The molecular weight excluding hydrogens is 312 g/mol. The SMILES string of the molecule is Cc1cc(N2CCN(C3CCN(C)CC3)CC2)n2nc(C)c(C)c2n1. The van der Waals surface area contributed by atoms with Gasteiger partial charge in [0.25, 0.3) is 0 Å². The number of fused-ring (bicyclic) bond motifs is 1. The number of piperazine rings is 1. The van der Waals surface area contributed by atoms with Crippen molar-refractivity contribution in [3.05, 3.63) is 23.0 Å². The summed E-state index contributed by atoms with van der Waals surface area (Å²) in [5, 5.41) is 4.74. The van der Waals surface area contributed by atoms with Gasteiger partial charge in [-0.1, -0.05) is 0 Å². The van der Waals surface area contributed by atoms with E-state index in [1.807, 2.05) is 4.52 Å². The van der Waals surface area contributed by atoms with E-state index >= 15 is 0 Å². The summed E-state index contributed by atoms with van der Waals surface area (Å²) in [6.45, 7) is 13.2. The van der Waals surface area contributed by atoms with Crippen molar-refractivity contribution in [1.82, 2.24) is 24.4 Å². The molecule has 0 bridgehead atoms. The summed E-state index contributed by atoms with van der Waals surface area (Å²) < 4.78 is 2.04. The molecule has 0 saturated carbocycles. The van der Waals surface area contributed by atoms with Gasteiger partial charge in [0.1, 0.15) is 5.82 Å². The number of hydrogen-bond donors (Lipinski definition) is 0. The van der Waals surface area contributed by atoms with Crippen LogP contribution in [0.3, 0.4) is 0 Å². The van der Waals surface area contributed by atoms with Gasteiger partial charge in [-0.05, 0) is 53.8 Å². The molecule has 0 N–H and O–H groups in total. The molecule has 2 aromatic rings. The van der Waals surface area contributed by atoms with Crippen LogP contribution in [0.4, 0.5) is 5.82 Å². The van der Waals surface area contributed by atoms with E-state index in [1.54, 1.807) is 0 Å². The average molecular weight is 342 g/mol. The minimum atomic E-state index is 0.770. The van der Waals surface area contributed by atoms with Crippen molar-refractivity contribution < 1.29 is 0 Å². The molecule has 2 fully saturated rings. The van der Waals surface area contributed by atoms with E-state index in [1.165, 1.54) is 37.3 Å². The van der Waals surface area contributed by atoms with Crippen molar-refractivity contribution in [2.24, 2.45) is 0 Å². The summed E-state index contributed by atoms with van der Waals surface area (Å²) >= 11 is 0. The summed E-state index contributed by atoms with van der Waals surface area (Å²) in [4.78, 5) is 12.3. The lowest BCUT2D eigenvalue weighted by atomic mass is 10.0. The zero-order valence-corrected chi connectivity index (χ0v) is 16.0. The Bertz CT molecular complexity index is 751. The molecular formula is C19H30N6. The first-order valence-corrected chi connectivity index (χ1v) is 9.54. The fraction of sp³-hybridized carbons (Fsp3) is 0.684. The van der Waals surface area contributed by atoms with Crippen molar-refractivity contribution in [3.8, 4) is 0 Å². The van der Waals surface area contributed by atoms with Crippen molar-refractivity contribution in [2.45, 2.75) is 39.7 Å². The van der Waals surface area contributed by atoms with Crippen LogP contribution in [0.25, 0.3) is 5.65 Å². The Hall–Kier alpha value is -1.66. The Morgan fingerprint density at radius 2 is 1.64 bits per heavy atom. The summed E-state index contributed by atoms with van der Waals surface area (Å²) in [5.74, 6) is 1.20. The summed E-state index contributed by atoms with van der Waals surface area (Å²) in [6.07, 6.45) is 2.62. The lowest BCUT2D eigenvalue weighted by Crippen LogP contribution is -2.53. The Morgan fingerprint density at radius 3 is 2.32 bits per heavy atom. The van der Waals surface area contributed by atoms with Gasteiger partial charge in [-0.3, -0.25) is 4.90 Å². The maximum absolute atomic E-state index is 4.74. The van der Waals surface area contributed by atoms with E-state index in [-0.39, 0.29) is 0 Å². The van der Waals surface area contributed by atoms with Crippen LogP contribution in [0.5, 0.6) is 0 Å². The Morgan fingerprint density at radius 1 is 0.960 bits per heavy atom. The second-order valence-electron chi connectivity index (χ2n) is 7.76. The van der Waals surface area contributed by atoms with E-state index in [4.69, 9.17) is 10.1 Å². The monoisotopic (exact) mass is 342 g/mol. The van der Waals surface area contributed by atoms with Crippen molar-refractivity contribution >= 4 is 11.5 Å². The highest BCUT2D eigenvalue weighted by atomic mass is 15.4. The Kier molecular flexibility index (Phi) is 4.41. The summed E-state index contributed by atoms with van der Waals surface area (Å²) in [6, 6.07) is 2.95. The number of aryl methyl sites for hydroxylation is 3. The molecule has 6 heteroatoms. The second kappa shape index (κ2) is 6.57. The number of aromatic nitrogens is 3. The van der Waals surface area contributed by atoms with Gasteiger partial charge in [-0.15, -0.1) is 0 Å². The summed E-state index contributed by atoms with van der Waals surface area (Å²) in [5.41, 5.74) is 4.34. The predicted octanol–water partition coefficient (Wildman–Crippen LogP) is 1.87. The van der Waals surface area contributed by atoms with Crippen LogP contribution in [-0.2, 0) is 0 Å². The Balaban J connectivity index is 1.51. The molecule has 0 amide bonds. The number of likely N-dealkylation sites (tertiary alicyclic amines) is 1. The highest BCUT2D eigenvalue weighted by Crippen LogP contribution is 2.24. The number of rotatable bonds is 2. The molecule has 0 aromatic carbocycles. The fourth-order valence-electron chi connectivity index (χ4n) is 4.23. The van der Waals surface area contributed by atoms with Crippen LogP contribution < -0.4 is 4.90 Å². The van der Waals surface area contributed by atoms with Crippen LogP contribution in [0.15, 0.2) is 6.07 Å². The molecule has 4 rings (SSSR count). The van der Waals surface area contributed by atoms with Gasteiger partial charge in [0, 0.05) is 49.5 Å². The lowest BCUT2D eigenvalue weighted by Gasteiger charge is -2.42. The van der Waals surface area contributed by atoms with Crippen LogP contribution in [0.2, 0.25) is 0 Å². The molecule has 2 aromatic heterocycles. The number of hydrogen-bond acceptors (Lipinski definition) is 5. The third-order valence-corrected chi connectivity index (χ3v) is 6.01. The number of nitrogens with zero attached hydrogens (tertiary/aromatic N) is 6. The van der Waals surface area contributed by atoms with Gasteiger partial charge in [0.2, 0.25) is 0 Å². The molecule has 2 aliphatic rings. The first-order chi connectivity index (χ1) is 12.0. The van der Waals surface area contributed by atoms with E-state index in [2.05, 4.69) is 48.6 Å². The molecule has 2 saturated heterocycles. The molecule has 4 heterocycles. The maximum Gasteiger partial charge on any atom is 0.160 e. The van der Waals surface area contributed by atoms with Crippen LogP contribution in [0, 0.1) is 20.8 Å². The largest absolute Gasteiger partial charge is 0.354 e. The van der Waals surface area contributed by atoms with Gasteiger partial charge in [-0.2, -0.15) is 9.61 Å². The molecule has 0 radical (unpaired) electrons. The molecule has 2 aliphatic heterocycles. The fourth-order valence-corrected chi connectivity index (χ4v) is 4.23. The van der Waals surface area contributed by atoms with Crippen molar-refractivity contribution in [1.29, 1.82) is 0 Å². The van der Waals surface area contributed by atoms with Gasteiger partial charge in [0.15, 0.2) is 5.65 Å². The quantitative estimate of drug-likeness (QED) is 0.833. The molecule has 25 heavy (non-hydrogen) atoms. The van der Waals surface area contributed by atoms with E-state index in [9.17, 15) is 0 Å². The molecule has 136 valence electrons. The van der Waals surface area contributed by atoms with Gasteiger partial charge in [-0.25, -0.2) is 4.98 Å². The zero-order chi connectivity index (χ0) is 17.6. The lowest BCUT2D eigenvalue weighted by molar-refractivity contribution is 0.115. The first-order valence-electron chi connectivity index (χ1n) is 9.54. The summed E-state index contributed by atoms with van der Waals surface area (Å²) in [7, 11) is 2.24. The molecule has 6 nitrogen and oxygen atoms in total. The molecule has 0 atom stereocenters. The van der Waals surface area contributed by atoms with Gasteiger partial charge in [0.05, 0.1) is 5.69 Å². The second-order valence-corrected chi connectivity index (χ2v) is 7.76. The topological polar surface area (TPSA) is 39.9 Å². The highest BCUT2D eigenvalue weighted by Gasteiger charge is 2.27. The predicted molar refractivity (Wildman–Crippen MR) is 102 cm³/mol. The third-order valence-electron chi connectivity index (χ3n) is 6.01. The van der Waals surface area contributed by atoms with Crippen molar-refractivity contribution in [2.75, 3.05) is 51.2 Å². The third kappa shape index (κ3) is 3.13. The number of anilines is 1. The van der Waals surface area contributed by atoms with E-state index in [0.29, 0.717) is 0 Å². The highest BCUT2D eigenvalue weighted by molar-refractivity contribution is 5.57. The smallest absolute Gasteiger partial charge is 0.160 e. The average Bonchev–Trinajstić information content (AvgIpc) is 2.90. The van der Waals surface area contributed by atoms with Gasteiger partial charge >= 0.3 is 0 Å². The minimum Gasteiger partial charge on any atom is -0.354 e. The zero-order valence-electron chi connectivity index (χ0n) is 16.0. The molecule has 0 unspecified atom stereocenters. The van der Waals surface area contributed by atoms with Crippen LogP contribution >= 0.6 is 0 Å². The molecule has 0 spiro atoms. The standard InChI is InChI=1S/C19H30N6/c1-14-13-18(25-19(20-14)15(2)16(3)21-25)24-11-9-23(10-12-24)17-5-7-22(4)8-6-17/h13,17H,5-12H2,1-4H3. The normalized spacial score (nSPS) is 21.4. The van der Waals surface area contributed by atoms with Gasteiger partial charge < -0.3 is 9.80 Å². The van der Waals surface area contributed by atoms with Crippen LogP contribution in [-0.4, -0.2) is 76.8 Å². The Labute approximate surface area is 150 Å². The number of piperidine rings is 1. The van der Waals surface area contributed by atoms with Crippen molar-refractivity contribution in [3.63, 3.8) is 0 Å². The first kappa shape index (κ1) is 16.8. The minimum absolute atomic E-state index is 0.770. The van der Waals surface area contributed by atoms with Crippen LogP contribution in [0.1, 0.15) is 29.8 Å². The molecule has 0 aliphatic carbocycles. The van der Waals surface area contributed by atoms with E-state index < -0.39 is 0 Å². The maximum atomic E-state index is 4.74.